The van der Waals surface area contributed by atoms with Gasteiger partial charge in [0.25, 0.3) is 5.91 Å². The second-order valence-corrected chi connectivity index (χ2v) is 8.84. The molecule has 14 heteroatoms. The first-order valence-corrected chi connectivity index (χ1v) is 11.3. The number of anilines is 2. The van der Waals surface area contributed by atoms with Crippen LogP contribution in [0.5, 0.6) is 5.88 Å². The number of fused-ring (bicyclic) bond motifs is 4. The molecule has 1 aromatic carbocycles. The Morgan fingerprint density at radius 2 is 1.92 bits per heavy atom. The fourth-order valence-corrected chi connectivity index (χ4v) is 4.68. The lowest BCUT2D eigenvalue weighted by molar-refractivity contribution is -0.141. The summed E-state index contributed by atoms with van der Waals surface area (Å²) in [5.74, 6) is -1.69. The largest absolute Gasteiger partial charge is 0.475 e. The van der Waals surface area contributed by atoms with Crippen molar-refractivity contribution in [2.75, 3.05) is 17.2 Å². The number of amides is 1. The van der Waals surface area contributed by atoms with Gasteiger partial charge in [0, 0.05) is 37.3 Å². The summed E-state index contributed by atoms with van der Waals surface area (Å²) >= 11 is 0. The zero-order valence-electron chi connectivity index (χ0n) is 19.9. The first-order chi connectivity index (χ1) is 18.0. The van der Waals surface area contributed by atoms with E-state index in [0.717, 1.165) is 12.1 Å². The number of nitrogen functional groups attached to an aromatic ring is 1. The summed E-state index contributed by atoms with van der Waals surface area (Å²) in [7, 11) is 3.32. The predicted octanol–water partition coefficient (Wildman–Crippen LogP) is 3.77. The molecule has 0 fully saturated rings. The van der Waals surface area contributed by atoms with Crippen LogP contribution in [0.3, 0.4) is 0 Å². The maximum atomic E-state index is 15.4. The van der Waals surface area contributed by atoms with Crippen molar-refractivity contribution in [2.24, 2.45) is 14.1 Å². The highest BCUT2D eigenvalue weighted by Crippen LogP contribution is 2.41. The number of alkyl halides is 3. The summed E-state index contributed by atoms with van der Waals surface area (Å²) < 4.78 is 63.4. The van der Waals surface area contributed by atoms with E-state index in [1.807, 2.05) is 0 Å². The molecule has 0 saturated heterocycles. The predicted molar refractivity (Wildman–Crippen MR) is 128 cm³/mol. The number of carbonyl (C=O) groups is 1. The zero-order chi connectivity index (χ0) is 26.9. The van der Waals surface area contributed by atoms with Gasteiger partial charge in [0.2, 0.25) is 5.88 Å². The fourth-order valence-electron chi connectivity index (χ4n) is 4.68. The van der Waals surface area contributed by atoms with Crippen molar-refractivity contribution in [3.63, 3.8) is 0 Å². The lowest BCUT2D eigenvalue weighted by atomic mass is 10.0. The Balaban J connectivity index is 1.50. The van der Waals surface area contributed by atoms with Gasteiger partial charge in [0.1, 0.15) is 30.0 Å². The molecule has 6 rings (SSSR count). The average Bonchev–Trinajstić information content (AvgIpc) is 3.58. The van der Waals surface area contributed by atoms with Gasteiger partial charge < -0.3 is 10.5 Å². The SMILES string of the molecule is Cn1cc(N(C(=O)c2cc3c(cc2F)nc(N)c2cnn(C)c23)[C@@H]2COc3nc(C(F)(F)F)ccc32)cn1. The van der Waals surface area contributed by atoms with Gasteiger partial charge in [-0.05, 0) is 18.2 Å². The molecule has 2 N–H and O–H groups in total. The molecule has 194 valence electrons. The van der Waals surface area contributed by atoms with Crippen molar-refractivity contribution < 1.29 is 27.1 Å². The number of rotatable bonds is 3. The number of aryl methyl sites for hydroxylation is 2. The van der Waals surface area contributed by atoms with E-state index in [0.29, 0.717) is 22.0 Å². The van der Waals surface area contributed by atoms with E-state index in [1.165, 1.54) is 40.3 Å². The third kappa shape index (κ3) is 3.59. The zero-order valence-corrected chi connectivity index (χ0v) is 19.9. The van der Waals surface area contributed by atoms with Gasteiger partial charge in [-0.3, -0.25) is 19.1 Å². The van der Waals surface area contributed by atoms with E-state index in [2.05, 4.69) is 20.2 Å². The summed E-state index contributed by atoms with van der Waals surface area (Å²) in [5, 5.41) is 9.29. The van der Waals surface area contributed by atoms with Crippen LogP contribution in [-0.4, -0.2) is 42.0 Å². The Bertz CT molecular complexity index is 1760. The summed E-state index contributed by atoms with van der Waals surface area (Å²) in [5.41, 5.74) is 5.94. The standard InChI is InChI=1S/C24H18F4N8O2/c1-34-9-11(7-30-34)36(18-10-38-22-12(18)3-4-19(33-22)24(26,27)28)23(37)13-5-14-17(6-16(13)25)32-21(29)15-8-31-35(2)20(14)15/h3-9,18H,10H2,1-2H3,(H2,29,32)/t18-/m1/s1. The molecule has 1 atom stereocenters. The molecule has 1 amide bonds. The number of ether oxygens (including phenoxy) is 1. The van der Waals surface area contributed by atoms with Crippen molar-refractivity contribution in [2.45, 2.75) is 12.2 Å². The highest BCUT2D eigenvalue weighted by molar-refractivity contribution is 6.13. The molecular formula is C24H18F4N8O2. The van der Waals surface area contributed by atoms with Crippen LogP contribution in [0.2, 0.25) is 0 Å². The van der Waals surface area contributed by atoms with Crippen LogP contribution in [0.15, 0.2) is 42.9 Å². The Kier molecular flexibility index (Phi) is 5.06. The number of carbonyl (C=O) groups excluding carboxylic acids is 1. The smallest absolute Gasteiger partial charge is 0.433 e. The maximum absolute atomic E-state index is 15.4. The number of benzene rings is 1. The quantitative estimate of drug-likeness (QED) is 0.356. The topological polar surface area (TPSA) is 117 Å². The van der Waals surface area contributed by atoms with Crippen LogP contribution in [0.1, 0.15) is 27.7 Å². The van der Waals surface area contributed by atoms with E-state index >= 15 is 4.39 Å². The number of hydrogen-bond donors (Lipinski definition) is 1. The average molecular weight is 526 g/mol. The third-order valence-corrected chi connectivity index (χ3v) is 6.44. The lowest BCUT2D eigenvalue weighted by Crippen LogP contribution is -2.36. The molecule has 5 heterocycles. The normalized spacial score (nSPS) is 15.2. The third-order valence-electron chi connectivity index (χ3n) is 6.44. The van der Waals surface area contributed by atoms with Crippen LogP contribution in [-0.2, 0) is 20.3 Å². The lowest BCUT2D eigenvalue weighted by Gasteiger charge is -2.27. The van der Waals surface area contributed by atoms with Crippen LogP contribution < -0.4 is 15.4 Å². The second kappa shape index (κ2) is 8.13. The minimum Gasteiger partial charge on any atom is -0.475 e. The Morgan fingerprint density at radius 1 is 1.13 bits per heavy atom. The molecular weight excluding hydrogens is 508 g/mol. The van der Waals surface area contributed by atoms with Gasteiger partial charge in [-0.25, -0.2) is 14.4 Å². The number of hydrogen-bond acceptors (Lipinski definition) is 7. The van der Waals surface area contributed by atoms with Crippen molar-refractivity contribution in [1.29, 1.82) is 0 Å². The minimum atomic E-state index is -4.67. The fraction of sp³-hybridized carbons (Fsp3) is 0.208. The van der Waals surface area contributed by atoms with Gasteiger partial charge in [-0.15, -0.1) is 0 Å². The Hall–Kier alpha value is -4.75. The number of pyridine rings is 2. The Morgan fingerprint density at radius 3 is 2.63 bits per heavy atom. The molecule has 1 aliphatic heterocycles. The molecule has 0 bridgehead atoms. The number of halogens is 4. The number of nitrogens with zero attached hydrogens (tertiary/aromatic N) is 7. The summed E-state index contributed by atoms with van der Waals surface area (Å²) in [6.07, 6.45) is -0.209. The van der Waals surface area contributed by atoms with E-state index in [9.17, 15) is 18.0 Å². The van der Waals surface area contributed by atoms with Gasteiger partial charge in [-0.2, -0.15) is 23.4 Å². The molecule has 5 aromatic rings. The van der Waals surface area contributed by atoms with E-state index in [1.54, 1.807) is 18.8 Å². The summed E-state index contributed by atoms with van der Waals surface area (Å²) in [6.45, 7) is -0.191. The maximum Gasteiger partial charge on any atom is 0.433 e. The van der Waals surface area contributed by atoms with E-state index < -0.39 is 29.6 Å². The van der Waals surface area contributed by atoms with E-state index in [4.69, 9.17) is 10.5 Å². The summed E-state index contributed by atoms with van der Waals surface area (Å²) in [6, 6.07) is 3.62. The minimum absolute atomic E-state index is 0.168. The van der Waals surface area contributed by atoms with Crippen molar-refractivity contribution in [1.82, 2.24) is 29.5 Å². The molecule has 0 spiro atoms. The Labute approximate surface area is 211 Å². The van der Waals surface area contributed by atoms with Crippen LogP contribution in [0.25, 0.3) is 21.8 Å². The van der Waals surface area contributed by atoms with Crippen LogP contribution >= 0.6 is 0 Å². The molecule has 0 aliphatic carbocycles. The van der Waals surface area contributed by atoms with Gasteiger partial charge in [-0.1, -0.05) is 0 Å². The van der Waals surface area contributed by atoms with E-state index in [-0.39, 0.29) is 34.9 Å². The number of aromatic nitrogens is 6. The first-order valence-electron chi connectivity index (χ1n) is 11.3. The molecule has 0 unspecified atom stereocenters. The summed E-state index contributed by atoms with van der Waals surface area (Å²) in [4.78, 5) is 23.1. The second-order valence-electron chi connectivity index (χ2n) is 8.84. The van der Waals surface area contributed by atoms with Crippen LogP contribution in [0, 0.1) is 5.82 Å². The van der Waals surface area contributed by atoms with Crippen molar-refractivity contribution in [3.05, 3.63) is 65.5 Å². The molecule has 4 aromatic heterocycles. The van der Waals surface area contributed by atoms with Crippen molar-refractivity contribution >= 4 is 39.2 Å². The molecule has 1 aliphatic rings. The molecule has 0 saturated carbocycles. The highest BCUT2D eigenvalue weighted by Gasteiger charge is 2.40. The molecule has 38 heavy (non-hydrogen) atoms. The van der Waals surface area contributed by atoms with Crippen LogP contribution in [0.4, 0.5) is 29.1 Å². The highest BCUT2D eigenvalue weighted by atomic mass is 19.4. The number of nitrogens with two attached hydrogens (primary N) is 1. The van der Waals surface area contributed by atoms with Gasteiger partial charge in [0.05, 0.1) is 40.1 Å². The van der Waals surface area contributed by atoms with Gasteiger partial charge in [0.15, 0.2) is 0 Å². The monoisotopic (exact) mass is 526 g/mol. The molecule has 0 radical (unpaired) electrons. The van der Waals surface area contributed by atoms with Crippen molar-refractivity contribution in [3.8, 4) is 5.88 Å². The van der Waals surface area contributed by atoms with Gasteiger partial charge >= 0.3 is 6.18 Å². The first kappa shape index (κ1) is 23.6. The molecule has 10 nitrogen and oxygen atoms in total.